The summed E-state index contributed by atoms with van der Waals surface area (Å²) in [5.74, 6) is 0.421. The van der Waals surface area contributed by atoms with Gasteiger partial charge in [0, 0.05) is 18.1 Å². The minimum Gasteiger partial charge on any atom is -0.467 e. The van der Waals surface area contributed by atoms with Gasteiger partial charge in [0.2, 0.25) is 5.89 Å². The number of nitrogens with one attached hydrogen (secondary N) is 1. The molecule has 182 valence electrons. The summed E-state index contributed by atoms with van der Waals surface area (Å²) in [7, 11) is 0. The molecule has 0 bridgehead atoms. The van der Waals surface area contributed by atoms with Crippen molar-refractivity contribution in [2.45, 2.75) is 32.4 Å². The van der Waals surface area contributed by atoms with Crippen molar-refractivity contribution < 1.29 is 26.8 Å². The van der Waals surface area contributed by atoms with Gasteiger partial charge in [-0.25, -0.2) is 4.98 Å². The molecule has 0 spiro atoms. The lowest BCUT2D eigenvalue weighted by atomic mass is 10.1. The number of carbonyl (C=O) groups is 1. The lowest BCUT2D eigenvalue weighted by molar-refractivity contribution is -0.137. The molecule has 0 saturated carbocycles. The summed E-state index contributed by atoms with van der Waals surface area (Å²) in [6, 6.07) is 15.8. The highest BCUT2D eigenvalue weighted by atomic mass is 35.5. The van der Waals surface area contributed by atoms with Gasteiger partial charge in [-0.05, 0) is 41.5 Å². The van der Waals surface area contributed by atoms with Crippen molar-refractivity contribution in [1.82, 2.24) is 15.2 Å². The molecule has 0 aliphatic carbocycles. The first-order chi connectivity index (χ1) is 16.8. The molecule has 2 aromatic carbocycles. The van der Waals surface area contributed by atoms with Gasteiger partial charge in [0.15, 0.2) is 5.69 Å². The number of alkyl halides is 3. The summed E-state index contributed by atoms with van der Waals surface area (Å²) in [5, 5.41) is 3.27. The molecule has 1 amide bonds. The van der Waals surface area contributed by atoms with Crippen LogP contribution >= 0.6 is 11.6 Å². The Morgan fingerprint density at radius 1 is 0.971 bits per heavy atom. The van der Waals surface area contributed by atoms with Crippen molar-refractivity contribution >= 4 is 17.5 Å². The number of carbonyl (C=O) groups excluding carboxylic acids is 1. The number of rotatable bonds is 9. The van der Waals surface area contributed by atoms with Gasteiger partial charge in [-0.2, -0.15) is 13.2 Å². The van der Waals surface area contributed by atoms with Crippen molar-refractivity contribution in [1.29, 1.82) is 0 Å². The van der Waals surface area contributed by atoms with Crippen molar-refractivity contribution in [2.75, 3.05) is 0 Å². The van der Waals surface area contributed by atoms with E-state index < -0.39 is 17.6 Å². The van der Waals surface area contributed by atoms with Gasteiger partial charge in [-0.1, -0.05) is 41.9 Å². The Morgan fingerprint density at radius 2 is 1.74 bits per heavy atom. The van der Waals surface area contributed by atoms with E-state index in [9.17, 15) is 18.0 Å². The maximum absolute atomic E-state index is 13.2. The summed E-state index contributed by atoms with van der Waals surface area (Å²) >= 11 is 5.97. The maximum Gasteiger partial charge on any atom is 0.416 e. The smallest absolute Gasteiger partial charge is 0.416 e. The molecule has 0 fully saturated rings. The van der Waals surface area contributed by atoms with E-state index in [1.165, 1.54) is 18.6 Å². The Hall–Kier alpha value is -3.56. The average Bonchev–Trinajstić information content (AvgIpc) is 3.51. The van der Waals surface area contributed by atoms with Gasteiger partial charge in [0.25, 0.3) is 5.91 Å². The van der Waals surface area contributed by atoms with E-state index in [1.807, 2.05) is 17.0 Å². The highest BCUT2D eigenvalue weighted by molar-refractivity contribution is 6.30. The first-order valence-corrected chi connectivity index (χ1v) is 11.0. The Bertz CT molecular complexity index is 1250. The van der Waals surface area contributed by atoms with Crippen LogP contribution in [0.3, 0.4) is 0 Å². The van der Waals surface area contributed by atoms with E-state index in [0.29, 0.717) is 22.9 Å². The molecule has 0 aliphatic rings. The zero-order chi connectivity index (χ0) is 24.8. The molecule has 0 saturated heterocycles. The largest absolute Gasteiger partial charge is 0.467 e. The van der Waals surface area contributed by atoms with E-state index in [4.69, 9.17) is 20.4 Å². The molecule has 2 aromatic heterocycles. The van der Waals surface area contributed by atoms with Crippen LogP contribution in [0.5, 0.6) is 0 Å². The predicted octanol–water partition coefficient (Wildman–Crippen LogP) is 6.07. The van der Waals surface area contributed by atoms with Crippen molar-refractivity contribution in [2.24, 2.45) is 0 Å². The standard InChI is InChI=1S/C25H21ClF3N3O3/c26-20-8-6-17(7-9-20)13-32(14-18-3-1-4-19(11-18)25(27,28)29)15-23-31-22(16-35-23)24(33)30-12-21-5-2-10-34-21/h1-11,16H,12-15H2,(H,30,33). The van der Waals surface area contributed by atoms with E-state index in [-0.39, 0.29) is 31.2 Å². The fraction of sp³-hybridized carbons (Fsp3) is 0.200. The first-order valence-electron chi connectivity index (χ1n) is 10.6. The SMILES string of the molecule is O=C(NCc1ccco1)c1coc(CN(Cc2ccc(Cl)cc2)Cc2cccc(C(F)(F)F)c2)n1. The minimum absolute atomic E-state index is 0.0945. The molecule has 4 aromatic rings. The second-order valence-electron chi connectivity index (χ2n) is 7.86. The fourth-order valence-electron chi connectivity index (χ4n) is 3.47. The molecule has 0 atom stereocenters. The molecular formula is C25H21ClF3N3O3. The topological polar surface area (TPSA) is 71.5 Å². The van der Waals surface area contributed by atoms with Gasteiger partial charge >= 0.3 is 6.18 Å². The number of furan rings is 1. The Balaban J connectivity index is 1.48. The van der Waals surface area contributed by atoms with Crippen LogP contribution in [-0.4, -0.2) is 15.8 Å². The highest BCUT2D eigenvalue weighted by Crippen LogP contribution is 2.30. The predicted molar refractivity (Wildman–Crippen MR) is 122 cm³/mol. The second-order valence-corrected chi connectivity index (χ2v) is 8.29. The Labute approximate surface area is 204 Å². The van der Waals surface area contributed by atoms with E-state index in [2.05, 4.69) is 10.3 Å². The normalized spacial score (nSPS) is 11.7. The van der Waals surface area contributed by atoms with Crippen molar-refractivity contribution in [3.63, 3.8) is 0 Å². The van der Waals surface area contributed by atoms with Gasteiger partial charge in [0.05, 0.1) is 24.9 Å². The van der Waals surface area contributed by atoms with Crippen LogP contribution in [0.25, 0.3) is 0 Å². The molecule has 2 heterocycles. The van der Waals surface area contributed by atoms with Crippen LogP contribution in [0.15, 0.2) is 82.0 Å². The quantitative estimate of drug-likeness (QED) is 0.300. The van der Waals surface area contributed by atoms with Crippen LogP contribution in [0.4, 0.5) is 13.2 Å². The van der Waals surface area contributed by atoms with E-state index in [1.54, 1.807) is 30.3 Å². The molecule has 0 radical (unpaired) electrons. The number of amides is 1. The Morgan fingerprint density at radius 3 is 2.46 bits per heavy atom. The molecular weight excluding hydrogens is 483 g/mol. The Kier molecular flexibility index (Phi) is 7.57. The number of oxazole rings is 1. The third-order valence-electron chi connectivity index (χ3n) is 5.13. The molecule has 1 N–H and O–H groups in total. The van der Waals surface area contributed by atoms with Gasteiger partial charge in [-0.3, -0.25) is 9.69 Å². The highest BCUT2D eigenvalue weighted by Gasteiger charge is 2.30. The molecule has 35 heavy (non-hydrogen) atoms. The van der Waals surface area contributed by atoms with Gasteiger partial charge in [0.1, 0.15) is 12.0 Å². The van der Waals surface area contributed by atoms with E-state index in [0.717, 1.165) is 17.7 Å². The lowest BCUT2D eigenvalue weighted by Crippen LogP contribution is -2.24. The first kappa shape index (κ1) is 24.6. The number of hydrogen-bond acceptors (Lipinski definition) is 5. The second kappa shape index (κ2) is 10.8. The summed E-state index contributed by atoms with van der Waals surface area (Å²) < 4.78 is 50.2. The average molecular weight is 504 g/mol. The maximum atomic E-state index is 13.2. The van der Waals surface area contributed by atoms with Crippen LogP contribution in [0.2, 0.25) is 5.02 Å². The summed E-state index contributed by atoms with van der Waals surface area (Å²) in [5.41, 5.74) is 0.770. The number of benzene rings is 2. The third-order valence-corrected chi connectivity index (χ3v) is 5.38. The van der Waals surface area contributed by atoms with E-state index >= 15 is 0 Å². The van der Waals surface area contributed by atoms with Crippen LogP contribution in [0.1, 0.15) is 38.8 Å². The summed E-state index contributed by atoms with van der Waals surface area (Å²) in [6.45, 7) is 0.974. The molecule has 10 heteroatoms. The van der Waals surface area contributed by atoms with Crippen LogP contribution in [-0.2, 0) is 32.4 Å². The number of nitrogens with zero attached hydrogens (tertiary/aromatic N) is 2. The van der Waals surface area contributed by atoms with Crippen molar-refractivity contribution in [3.05, 3.63) is 112 Å². The van der Waals surface area contributed by atoms with Crippen LogP contribution < -0.4 is 5.32 Å². The van der Waals surface area contributed by atoms with Crippen LogP contribution in [0, 0.1) is 0 Å². The number of hydrogen-bond donors (Lipinski definition) is 1. The fourth-order valence-corrected chi connectivity index (χ4v) is 3.60. The monoisotopic (exact) mass is 503 g/mol. The van der Waals surface area contributed by atoms with Crippen molar-refractivity contribution in [3.8, 4) is 0 Å². The van der Waals surface area contributed by atoms with Gasteiger partial charge < -0.3 is 14.2 Å². The zero-order valence-electron chi connectivity index (χ0n) is 18.4. The summed E-state index contributed by atoms with van der Waals surface area (Å²) in [6.07, 6.45) is -1.68. The number of halogens is 4. The molecule has 4 rings (SSSR count). The molecule has 6 nitrogen and oxygen atoms in total. The third kappa shape index (κ3) is 6.97. The summed E-state index contributed by atoms with van der Waals surface area (Å²) in [4.78, 5) is 18.5. The minimum atomic E-state index is -4.43. The number of aromatic nitrogens is 1. The molecule has 0 unspecified atom stereocenters. The zero-order valence-corrected chi connectivity index (χ0v) is 19.1. The molecule has 0 aliphatic heterocycles. The van der Waals surface area contributed by atoms with Gasteiger partial charge in [-0.15, -0.1) is 0 Å². The lowest BCUT2D eigenvalue weighted by Gasteiger charge is -2.21.